The number of amides is 3. The normalized spacial score (nSPS) is 19.9. The lowest BCUT2D eigenvalue weighted by Gasteiger charge is -2.44. The summed E-state index contributed by atoms with van der Waals surface area (Å²) in [5, 5.41) is 22.0. The van der Waals surface area contributed by atoms with Crippen LogP contribution in [0.3, 0.4) is 0 Å². The lowest BCUT2D eigenvalue weighted by atomic mass is 9.71. The number of likely N-dealkylation sites (tertiary alicyclic amines) is 1. The number of benzene rings is 2. The number of carbonyl (C=O) groups is 4. The fourth-order valence-electron chi connectivity index (χ4n) is 5.65. The Morgan fingerprint density at radius 2 is 1.56 bits per heavy atom. The number of nitrogens with zero attached hydrogens (tertiary/aromatic N) is 2. The van der Waals surface area contributed by atoms with Crippen LogP contribution < -0.4 is 5.32 Å². The lowest BCUT2D eigenvalue weighted by Crippen LogP contribution is -2.60. The molecule has 2 aromatic rings. The standard InChI is InChI=1S/C31H39N3O7/c1-20(35)25(27(37)38)32-28(39)31(23-12-6-5-7-13-23)14-16-33(17-15-31)26(36)24-18-21-10-8-9-11-22(21)19-34(24)29(40)41-30(2,3)4/h5-13,20,24-25,35H,14-19H2,1-4H3,(H,32,39)(H,37,38). The number of carboxylic acid groups (broad SMARTS) is 1. The van der Waals surface area contributed by atoms with E-state index < -0.39 is 47.2 Å². The van der Waals surface area contributed by atoms with Gasteiger partial charge in [0.05, 0.1) is 18.1 Å². The molecule has 10 nitrogen and oxygen atoms in total. The summed E-state index contributed by atoms with van der Waals surface area (Å²) < 4.78 is 5.65. The van der Waals surface area contributed by atoms with E-state index in [1.807, 2.05) is 54.6 Å². The molecule has 3 unspecified atom stereocenters. The van der Waals surface area contributed by atoms with Crippen LogP contribution in [0.4, 0.5) is 4.79 Å². The summed E-state index contributed by atoms with van der Waals surface area (Å²) >= 11 is 0. The van der Waals surface area contributed by atoms with Gasteiger partial charge in [0.1, 0.15) is 11.6 Å². The van der Waals surface area contributed by atoms with Crippen molar-refractivity contribution in [1.29, 1.82) is 0 Å². The number of carbonyl (C=O) groups excluding carboxylic acids is 3. The molecule has 0 spiro atoms. The maximum absolute atomic E-state index is 14.0. The van der Waals surface area contributed by atoms with E-state index in [1.165, 1.54) is 11.8 Å². The lowest BCUT2D eigenvalue weighted by molar-refractivity contribution is -0.147. The van der Waals surface area contributed by atoms with Gasteiger partial charge in [-0.3, -0.25) is 14.5 Å². The molecule has 0 aromatic heterocycles. The summed E-state index contributed by atoms with van der Waals surface area (Å²) in [5.74, 6) is -2.06. The maximum Gasteiger partial charge on any atom is 0.411 e. The summed E-state index contributed by atoms with van der Waals surface area (Å²) in [7, 11) is 0. The number of rotatable bonds is 6. The summed E-state index contributed by atoms with van der Waals surface area (Å²) in [5.41, 5.74) is 0.853. The van der Waals surface area contributed by atoms with Crippen LogP contribution in [0, 0.1) is 0 Å². The van der Waals surface area contributed by atoms with Gasteiger partial charge in [0.15, 0.2) is 6.04 Å². The van der Waals surface area contributed by atoms with E-state index in [9.17, 15) is 29.4 Å². The van der Waals surface area contributed by atoms with Crippen molar-refractivity contribution in [2.75, 3.05) is 13.1 Å². The number of piperidine rings is 1. The molecule has 1 fully saturated rings. The molecular formula is C31H39N3O7. The highest BCUT2D eigenvalue weighted by atomic mass is 16.6. The minimum atomic E-state index is -1.47. The first-order chi connectivity index (χ1) is 19.3. The van der Waals surface area contributed by atoms with Crippen LogP contribution >= 0.6 is 0 Å². The minimum Gasteiger partial charge on any atom is -0.480 e. The molecule has 4 rings (SSSR count). The number of aliphatic carboxylic acids is 1. The van der Waals surface area contributed by atoms with E-state index in [4.69, 9.17) is 4.74 Å². The summed E-state index contributed by atoms with van der Waals surface area (Å²) in [6.07, 6.45) is -1.01. The largest absolute Gasteiger partial charge is 0.480 e. The summed E-state index contributed by atoms with van der Waals surface area (Å²) in [4.78, 5) is 55.7. The Bertz CT molecular complexity index is 1280. The molecule has 41 heavy (non-hydrogen) atoms. The Morgan fingerprint density at radius 1 is 0.976 bits per heavy atom. The molecule has 1 saturated heterocycles. The molecule has 3 atom stereocenters. The third-order valence-electron chi connectivity index (χ3n) is 7.89. The Balaban J connectivity index is 1.58. The third-order valence-corrected chi connectivity index (χ3v) is 7.89. The number of carboxylic acids is 1. The molecule has 3 amide bonds. The molecule has 0 radical (unpaired) electrons. The Morgan fingerprint density at radius 3 is 2.12 bits per heavy atom. The van der Waals surface area contributed by atoms with Gasteiger partial charge in [-0.15, -0.1) is 0 Å². The van der Waals surface area contributed by atoms with Crippen LogP contribution in [0.15, 0.2) is 54.6 Å². The highest BCUT2D eigenvalue weighted by molar-refractivity contribution is 5.92. The van der Waals surface area contributed by atoms with Gasteiger partial charge in [0.2, 0.25) is 11.8 Å². The Kier molecular flexibility index (Phi) is 8.72. The molecular weight excluding hydrogens is 526 g/mol. The summed E-state index contributed by atoms with van der Waals surface area (Å²) in [6.45, 7) is 7.37. The molecule has 0 aliphatic carbocycles. The first-order valence-electron chi connectivity index (χ1n) is 13.9. The molecule has 220 valence electrons. The molecule has 0 saturated carbocycles. The second-order valence-electron chi connectivity index (χ2n) is 11.9. The zero-order chi connectivity index (χ0) is 29.9. The van der Waals surface area contributed by atoms with Gasteiger partial charge in [-0.25, -0.2) is 9.59 Å². The molecule has 2 aliphatic heterocycles. The fourth-order valence-corrected chi connectivity index (χ4v) is 5.65. The van der Waals surface area contributed by atoms with Crippen molar-refractivity contribution in [3.63, 3.8) is 0 Å². The van der Waals surface area contributed by atoms with E-state index in [0.717, 1.165) is 11.1 Å². The second-order valence-corrected chi connectivity index (χ2v) is 11.9. The second kappa shape index (κ2) is 11.9. The molecule has 10 heteroatoms. The maximum atomic E-state index is 14.0. The number of ether oxygens (including phenoxy) is 1. The molecule has 2 aromatic carbocycles. The van der Waals surface area contributed by atoms with Crippen molar-refractivity contribution >= 4 is 23.9 Å². The zero-order valence-corrected chi connectivity index (χ0v) is 24.0. The van der Waals surface area contributed by atoms with Gasteiger partial charge in [-0.05, 0) is 57.2 Å². The quantitative estimate of drug-likeness (QED) is 0.490. The van der Waals surface area contributed by atoms with E-state index in [1.54, 1.807) is 25.7 Å². The molecule has 3 N–H and O–H groups in total. The van der Waals surface area contributed by atoms with Crippen molar-refractivity contribution in [1.82, 2.24) is 15.1 Å². The van der Waals surface area contributed by atoms with Crippen LogP contribution in [0.25, 0.3) is 0 Å². The van der Waals surface area contributed by atoms with E-state index in [-0.39, 0.29) is 38.4 Å². The van der Waals surface area contributed by atoms with Crippen LogP contribution in [0.2, 0.25) is 0 Å². The number of hydrogen-bond acceptors (Lipinski definition) is 6. The zero-order valence-electron chi connectivity index (χ0n) is 24.0. The predicted molar refractivity (Wildman–Crippen MR) is 151 cm³/mol. The van der Waals surface area contributed by atoms with E-state index in [0.29, 0.717) is 12.0 Å². The first-order valence-corrected chi connectivity index (χ1v) is 13.9. The highest BCUT2D eigenvalue weighted by Crippen LogP contribution is 2.37. The topological polar surface area (TPSA) is 136 Å². The number of aliphatic hydroxyl groups is 1. The average Bonchev–Trinajstić information content (AvgIpc) is 2.94. The number of nitrogens with one attached hydrogen (secondary N) is 1. The Labute approximate surface area is 240 Å². The number of hydrogen-bond donors (Lipinski definition) is 3. The first kappa shape index (κ1) is 30.0. The van der Waals surface area contributed by atoms with Gasteiger partial charge < -0.3 is 25.2 Å². The molecule has 2 heterocycles. The van der Waals surface area contributed by atoms with Gasteiger partial charge >= 0.3 is 12.1 Å². The van der Waals surface area contributed by atoms with Crippen molar-refractivity contribution in [3.8, 4) is 0 Å². The molecule has 0 bridgehead atoms. The van der Waals surface area contributed by atoms with Crippen LogP contribution in [0.1, 0.15) is 57.2 Å². The van der Waals surface area contributed by atoms with Crippen LogP contribution in [0.5, 0.6) is 0 Å². The van der Waals surface area contributed by atoms with Crippen molar-refractivity contribution in [2.45, 2.75) is 82.7 Å². The van der Waals surface area contributed by atoms with Crippen molar-refractivity contribution in [2.24, 2.45) is 0 Å². The van der Waals surface area contributed by atoms with Crippen LogP contribution in [-0.4, -0.2) is 80.8 Å². The highest BCUT2D eigenvalue weighted by Gasteiger charge is 2.47. The third kappa shape index (κ3) is 6.53. The van der Waals surface area contributed by atoms with Gasteiger partial charge in [-0.2, -0.15) is 0 Å². The van der Waals surface area contributed by atoms with E-state index >= 15 is 0 Å². The predicted octanol–water partition coefficient (Wildman–Crippen LogP) is 2.86. The molecule has 2 aliphatic rings. The summed E-state index contributed by atoms with van der Waals surface area (Å²) in [6, 6.07) is 14.6. The average molecular weight is 566 g/mol. The monoisotopic (exact) mass is 565 g/mol. The van der Waals surface area contributed by atoms with E-state index in [2.05, 4.69) is 5.32 Å². The smallest absolute Gasteiger partial charge is 0.411 e. The van der Waals surface area contributed by atoms with Gasteiger partial charge in [0.25, 0.3) is 0 Å². The Hall–Kier alpha value is -3.92. The fraction of sp³-hybridized carbons (Fsp3) is 0.484. The van der Waals surface area contributed by atoms with Gasteiger partial charge in [-0.1, -0.05) is 54.6 Å². The van der Waals surface area contributed by atoms with Gasteiger partial charge in [0, 0.05) is 19.5 Å². The van der Waals surface area contributed by atoms with Crippen molar-refractivity contribution < 1.29 is 34.1 Å². The van der Waals surface area contributed by atoms with Crippen molar-refractivity contribution in [3.05, 3.63) is 71.3 Å². The number of aliphatic hydroxyl groups excluding tert-OH is 1. The number of fused-ring (bicyclic) bond motifs is 1. The minimum absolute atomic E-state index is 0.222. The van der Waals surface area contributed by atoms with Crippen LogP contribution in [-0.2, 0) is 37.5 Å². The SMILES string of the molecule is CC(O)C(NC(=O)C1(c2ccccc2)CCN(C(=O)C2Cc3ccccc3CN2C(=O)OC(C)(C)C)CC1)C(=O)O.